The second kappa shape index (κ2) is 9.42. The van der Waals surface area contributed by atoms with E-state index in [-0.39, 0.29) is 24.5 Å². The summed E-state index contributed by atoms with van der Waals surface area (Å²) in [7, 11) is 0. The fraction of sp³-hybridized carbons (Fsp3) is 0.174. The number of ether oxygens (including phenoxy) is 2. The highest BCUT2D eigenvalue weighted by Gasteiger charge is 2.27. The fourth-order valence-electron chi connectivity index (χ4n) is 3.34. The lowest BCUT2D eigenvalue weighted by atomic mass is 9.97. The van der Waals surface area contributed by atoms with Gasteiger partial charge in [-0.2, -0.15) is 0 Å². The Morgan fingerprint density at radius 3 is 2.69 bits per heavy atom. The molecule has 164 valence electrons. The minimum atomic E-state index is -1.07. The van der Waals surface area contributed by atoms with Crippen LogP contribution in [0.2, 0.25) is 0 Å². The number of anilines is 1. The number of carbonyl (C=O) groups is 2. The molecular formula is C23H19F2N3O4. The van der Waals surface area contributed by atoms with Crippen LogP contribution in [0.3, 0.4) is 0 Å². The van der Waals surface area contributed by atoms with Gasteiger partial charge in [0.25, 0.3) is 5.91 Å². The molecule has 2 amide bonds. The van der Waals surface area contributed by atoms with Crippen molar-refractivity contribution >= 4 is 17.7 Å². The van der Waals surface area contributed by atoms with E-state index in [0.29, 0.717) is 17.7 Å². The maximum Gasteiger partial charge on any atom is 0.407 e. The first kappa shape index (κ1) is 21.2. The van der Waals surface area contributed by atoms with Crippen LogP contribution < -0.4 is 15.4 Å². The largest absolute Gasteiger partial charge is 0.492 e. The van der Waals surface area contributed by atoms with Gasteiger partial charge in [0.1, 0.15) is 12.4 Å². The molecule has 0 saturated carbocycles. The number of aromatic nitrogens is 1. The van der Waals surface area contributed by atoms with Gasteiger partial charge in [-0.15, -0.1) is 0 Å². The van der Waals surface area contributed by atoms with E-state index >= 15 is 0 Å². The minimum Gasteiger partial charge on any atom is -0.492 e. The van der Waals surface area contributed by atoms with E-state index in [9.17, 15) is 18.4 Å². The quantitative estimate of drug-likeness (QED) is 0.617. The summed E-state index contributed by atoms with van der Waals surface area (Å²) in [5.74, 6) is -2.30. The first-order valence-electron chi connectivity index (χ1n) is 9.85. The lowest BCUT2D eigenvalue weighted by Crippen LogP contribution is -2.33. The van der Waals surface area contributed by atoms with E-state index in [1.54, 1.807) is 42.7 Å². The Kier molecular flexibility index (Phi) is 6.25. The number of alkyl carbamates (subject to hydrolysis) is 1. The van der Waals surface area contributed by atoms with E-state index in [1.807, 2.05) is 0 Å². The van der Waals surface area contributed by atoms with Gasteiger partial charge in [0.15, 0.2) is 11.6 Å². The van der Waals surface area contributed by atoms with E-state index < -0.39 is 29.7 Å². The fourth-order valence-corrected chi connectivity index (χ4v) is 3.34. The average molecular weight is 439 g/mol. The van der Waals surface area contributed by atoms with E-state index in [0.717, 1.165) is 17.7 Å². The third-order valence-electron chi connectivity index (χ3n) is 4.91. The number of halogens is 2. The molecule has 0 saturated heterocycles. The lowest BCUT2D eigenvalue weighted by Gasteiger charge is -2.27. The molecule has 0 spiro atoms. The highest BCUT2D eigenvalue weighted by atomic mass is 19.2. The molecule has 1 atom stereocenters. The van der Waals surface area contributed by atoms with Crippen LogP contribution in [-0.2, 0) is 11.3 Å². The van der Waals surface area contributed by atoms with Crippen LogP contribution in [0.15, 0.2) is 60.9 Å². The first-order valence-corrected chi connectivity index (χ1v) is 9.85. The van der Waals surface area contributed by atoms with Crippen LogP contribution in [0.5, 0.6) is 5.75 Å². The van der Waals surface area contributed by atoms with Crippen LogP contribution in [0.1, 0.15) is 33.9 Å². The molecule has 0 unspecified atom stereocenters. The number of rotatable bonds is 5. The van der Waals surface area contributed by atoms with Crippen LogP contribution in [0, 0.1) is 11.6 Å². The molecule has 2 heterocycles. The van der Waals surface area contributed by atoms with E-state index in [1.165, 1.54) is 6.07 Å². The van der Waals surface area contributed by atoms with Crippen LogP contribution in [-0.4, -0.2) is 23.6 Å². The number of nitrogens with zero attached hydrogens (tertiary/aromatic N) is 1. The third kappa shape index (κ3) is 4.83. The smallest absolute Gasteiger partial charge is 0.407 e. The topological polar surface area (TPSA) is 89.5 Å². The summed E-state index contributed by atoms with van der Waals surface area (Å²) in [6.07, 6.45) is 3.11. The highest BCUT2D eigenvalue weighted by molar-refractivity contribution is 6.06. The van der Waals surface area contributed by atoms with Crippen LogP contribution >= 0.6 is 0 Å². The molecule has 2 N–H and O–H groups in total. The van der Waals surface area contributed by atoms with Gasteiger partial charge < -0.3 is 20.1 Å². The van der Waals surface area contributed by atoms with Gasteiger partial charge in [0, 0.05) is 36.1 Å². The summed E-state index contributed by atoms with van der Waals surface area (Å²) in [5.41, 5.74) is 1.74. The second-order valence-corrected chi connectivity index (χ2v) is 7.07. The molecule has 2 aromatic carbocycles. The minimum absolute atomic E-state index is 0.0983. The zero-order chi connectivity index (χ0) is 22.5. The van der Waals surface area contributed by atoms with Crippen molar-refractivity contribution in [3.05, 3.63) is 89.2 Å². The summed E-state index contributed by atoms with van der Waals surface area (Å²) in [5, 5.41) is 5.32. The molecule has 0 fully saturated rings. The monoisotopic (exact) mass is 439 g/mol. The predicted molar refractivity (Wildman–Crippen MR) is 111 cm³/mol. The Morgan fingerprint density at radius 2 is 1.91 bits per heavy atom. The molecule has 0 aliphatic carbocycles. The molecule has 4 rings (SSSR count). The summed E-state index contributed by atoms with van der Waals surface area (Å²) in [6.45, 7) is 0.374. The van der Waals surface area contributed by atoms with Crippen molar-refractivity contribution in [2.75, 3.05) is 11.9 Å². The Hall–Kier alpha value is -4.01. The summed E-state index contributed by atoms with van der Waals surface area (Å²) >= 11 is 0. The molecule has 1 aromatic heterocycles. The Balaban J connectivity index is 1.46. The van der Waals surface area contributed by atoms with Crippen molar-refractivity contribution in [1.82, 2.24) is 10.3 Å². The maximum absolute atomic E-state index is 13.4. The number of hydrogen-bond donors (Lipinski definition) is 2. The SMILES string of the molecule is O=C(N[C@@H]1CCOc2c(C(=O)Nc3ccc(F)c(F)c3)cccc21)OCc1ccncc1. The van der Waals surface area contributed by atoms with Crippen molar-refractivity contribution in [1.29, 1.82) is 0 Å². The summed E-state index contributed by atoms with van der Waals surface area (Å²) < 4.78 is 37.5. The van der Waals surface area contributed by atoms with E-state index in [4.69, 9.17) is 9.47 Å². The number of hydrogen-bond acceptors (Lipinski definition) is 5. The summed E-state index contributed by atoms with van der Waals surface area (Å²) in [6, 6.07) is 11.1. The van der Waals surface area contributed by atoms with Crippen LogP contribution in [0.4, 0.5) is 19.3 Å². The number of nitrogens with one attached hydrogen (secondary N) is 2. The van der Waals surface area contributed by atoms with Crippen LogP contribution in [0.25, 0.3) is 0 Å². The Labute approximate surface area is 182 Å². The number of fused-ring (bicyclic) bond motifs is 1. The molecule has 32 heavy (non-hydrogen) atoms. The molecule has 1 aliphatic rings. The molecule has 0 radical (unpaired) electrons. The molecule has 3 aromatic rings. The predicted octanol–water partition coefficient (Wildman–Crippen LogP) is 4.36. The van der Waals surface area contributed by atoms with Gasteiger partial charge in [-0.25, -0.2) is 13.6 Å². The zero-order valence-corrected chi connectivity index (χ0v) is 16.8. The molecular weight excluding hydrogens is 420 g/mol. The Bertz CT molecular complexity index is 1140. The number of amides is 2. The van der Waals surface area contributed by atoms with Gasteiger partial charge in [0.2, 0.25) is 0 Å². The van der Waals surface area contributed by atoms with Crippen molar-refractivity contribution in [3.8, 4) is 5.75 Å². The average Bonchev–Trinajstić information content (AvgIpc) is 2.80. The second-order valence-electron chi connectivity index (χ2n) is 7.07. The number of para-hydroxylation sites is 1. The van der Waals surface area contributed by atoms with Crippen molar-refractivity contribution < 1.29 is 27.8 Å². The molecule has 7 nitrogen and oxygen atoms in total. The lowest BCUT2D eigenvalue weighted by molar-refractivity contribution is 0.102. The molecule has 1 aliphatic heterocycles. The molecule has 9 heteroatoms. The van der Waals surface area contributed by atoms with Gasteiger partial charge in [-0.1, -0.05) is 12.1 Å². The number of benzene rings is 2. The standard InChI is InChI=1S/C23H19F2N3O4/c24-18-5-4-15(12-19(18)25)27-22(29)17-3-1-2-16-20(8-11-31-21(16)17)28-23(30)32-13-14-6-9-26-10-7-14/h1-7,9-10,12,20H,8,11,13H2,(H,27,29)(H,28,30)/t20-/m1/s1. The summed E-state index contributed by atoms with van der Waals surface area (Å²) in [4.78, 5) is 28.9. The Morgan fingerprint density at radius 1 is 1.09 bits per heavy atom. The maximum atomic E-state index is 13.4. The van der Waals surface area contributed by atoms with Crippen molar-refractivity contribution in [3.63, 3.8) is 0 Å². The number of pyridine rings is 1. The normalized spacial score (nSPS) is 14.6. The number of carbonyl (C=O) groups excluding carboxylic acids is 2. The highest BCUT2D eigenvalue weighted by Crippen LogP contribution is 2.35. The van der Waals surface area contributed by atoms with Crippen molar-refractivity contribution in [2.45, 2.75) is 19.1 Å². The molecule has 0 bridgehead atoms. The van der Waals surface area contributed by atoms with Gasteiger partial charge >= 0.3 is 6.09 Å². The zero-order valence-electron chi connectivity index (χ0n) is 16.8. The van der Waals surface area contributed by atoms with Gasteiger partial charge in [-0.3, -0.25) is 9.78 Å². The third-order valence-corrected chi connectivity index (χ3v) is 4.91. The van der Waals surface area contributed by atoms with Crippen molar-refractivity contribution in [2.24, 2.45) is 0 Å². The van der Waals surface area contributed by atoms with E-state index in [2.05, 4.69) is 15.6 Å². The van der Waals surface area contributed by atoms with Gasteiger partial charge in [0.05, 0.1) is 18.2 Å². The van der Waals surface area contributed by atoms with Gasteiger partial charge in [-0.05, 0) is 35.9 Å². The first-order chi connectivity index (χ1) is 15.5.